The number of hydrogen-bond donors (Lipinski definition) is 2. The first-order valence-electron chi connectivity index (χ1n) is 10.7. The van der Waals surface area contributed by atoms with Crippen LogP contribution in [0.15, 0.2) is 53.6 Å². The zero-order chi connectivity index (χ0) is 21.6. The lowest BCUT2D eigenvalue weighted by Gasteiger charge is -2.26. The predicted molar refractivity (Wildman–Crippen MR) is 121 cm³/mol. The number of likely N-dealkylation sites (tertiary alicyclic amines) is 1. The van der Waals surface area contributed by atoms with Gasteiger partial charge in [0.05, 0.1) is 6.42 Å². The van der Waals surface area contributed by atoms with Gasteiger partial charge in [0, 0.05) is 41.4 Å². The second kappa shape index (κ2) is 9.66. The summed E-state index contributed by atoms with van der Waals surface area (Å²) < 4.78 is 0. The third-order valence-electron chi connectivity index (χ3n) is 5.56. The zero-order valence-corrected chi connectivity index (χ0v) is 17.7. The van der Waals surface area contributed by atoms with Crippen molar-refractivity contribution in [3.05, 3.63) is 76.0 Å². The van der Waals surface area contributed by atoms with E-state index >= 15 is 0 Å². The number of rotatable bonds is 6. The number of anilines is 1. The fourth-order valence-electron chi connectivity index (χ4n) is 3.95. The molecule has 1 amide bonds. The van der Waals surface area contributed by atoms with Crippen LogP contribution in [0.4, 0.5) is 5.69 Å². The summed E-state index contributed by atoms with van der Waals surface area (Å²) in [5.74, 6) is 0.213. The lowest BCUT2D eigenvalue weighted by atomic mass is 10.1. The average Bonchev–Trinajstić information content (AvgIpc) is 2.78. The van der Waals surface area contributed by atoms with Crippen molar-refractivity contribution in [2.75, 3.05) is 18.4 Å². The first-order chi connectivity index (χ1) is 15.1. The molecule has 0 unspecified atom stereocenters. The van der Waals surface area contributed by atoms with Gasteiger partial charge < -0.3 is 10.3 Å². The molecule has 1 fully saturated rings. The van der Waals surface area contributed by atoms with E-state index in [9.17, 15) is 9.59 Å². The molecule has 0 spiro atoms. The van der Waals surface area contributed by atoms with Gasteiger partial charge in [0.15, 0.2) is 0 Å². The van der Waals surface area contributed by atoms with E-state index in [0.717, 1.165) is 30.9 Å². The van der Waals surface area contributed by atoms with Gasteiger partial charge in [-0.15, -0.1) is 0 Å². The van der Waals surface area contributed by atoms with E-state index in [1.54, 1.807) is 25.4 Å². The van der Waals surface area contributed by atoms with Gasteiger partial charge in [0.2, 0.25) is 5.91 Å². The Balaban J connectivity index is 1.43. The molecular weight excluding hydrogens is 390 g/mol. The van der Waals surface area contributed by atoms with Gasteiger partial charge in [0.1, 0.15) is 5.82 Å². The number of aromatic nitrogens is 3. The Labute approximate surface area is 181 Å². The SMILES string of the molecule is Cc1nc(-c2cccnc2)[nH]c(=O)c1CC(=O)Nc1cccc(CN2CCCCC2)c1. The number of H-pyrrole nitrogens is 1. The molecule has 0 atom stereocenters. The highest BCUT2D eigenvalue weighted by atomic mass is 16.2. The minimum Gasteiger partial charge on any atom is -0.326 e. The van der Waals surface area contributed by atoms with E-state index in [2.05, 4.69) is 31.2 Å². The maximum Gasteiger partial charge on any atom is 0.255 e. The minimum absolute atomic E-state index is 0.0299. The maximum absolute atomic E-state index is 12.6. The van der Waals surface area contributed by atoms with E-state index in [1.807, 2.05) is 24.3 Å². The van der Waals surface area contributed by atoms with Crippen LogP contribution in [0.1, 0.15) is 36.1 Å². The van der Waals surface area contributed by atoms with Crippen molar-refractivity contribution in [2.24, 2.45) is 0 Å². The number of pyridine rings is 1. The van der Waals surface area contributed by atoms with E-state index in [-0.39, 0.29) is 17.9 Å². The fourth-order valence-corrected chi connectivity index (χ4v) is 3.95. The van der Waals surface area contributed by atoms with Crippen LogP contribution in [0.3, 0.4) is 0 Å². The second-order valence-corrected chi connectivity index (χ2v) is 7.98. The van der Waals surface area contributed by atoms with Crippen molar-refractivity contribution in [3.8, 4) is 11.4 Å². The van der Waals surface area contributed by atoms with Crippen molar-refractivity contribution in [1.82, 2.24) is 19.9 Å². The summed E-state index contributed by atoms with van der Waals surface area (Å²) in [5.41, 5.74) is 3.25. The zero-order valence-electron chi connectivity index (χ0n) is 17.7. The summed E-state index contributed by atoms with van der Waals surface area (Å²) >= 11 is 0. The smallest absolute Gasteiger partial charge is 0.255 e. The van der Waals surface area contributed by atoms with Crippen LogP contribution in [-0.4, -0.2) is 38.8 Å². The quantitative estimate of drug-likeness (QED) is 0.642. The van der Waals surface area contributed by atoms with Gasteiger partial charge in [-0.1, -0.05) is 18.6 Å². The lowest BCUT2D eigenvalue weighted by Crippen LogP contribution is -2.29. The molecule has 4 rings (SSSR count). The lowest BCUT2D eigenvalue weighted by molar-refractivity contribution is -0.115. The molecule has 2 N–H and O–H groups in total. The highest BCUT2D eigenvalue weighted by Gasteiger charge is 2.15. The van der Waals surface area contributed by atoms with Crippen molar-refractivity contribution in [1.29, 1.82) is 0 Å². The molecule has 7 heteroatoms. The number of aromatic amines is 1. The van der Waals surface area contributed by atoms with E-state index < -0.39 is 0 Å². The summed E-state index contributed by atoms with van der Waals surface area (Å²) in [7, 11) is 0. The highest BCUT2D eigenvalue weighted by Crippen LogP contribution is 2.17. The molecule has 0 aliphatic carbocycles. The van der Waals surface area contributed by atoms with Crippen LogP contribution in [-0.2, 0) is 17.8 Å². The summed E-state index contributed by atoms with van der Waals surface area (Å²) in [6.07, 6.45) is 7.08. The molecule has 1 saturated heterocycles. The van der Waals surface area contributed by atoms with Gasteiger partial charge >= 0.3 is 0 Å². The Morgan fingerprint density at radius 3 is 2.74 bits per heavy atom. The van der Waals surface area contributed by atoms with Crippen LogP contribution >= 0.6 is 0 Å². The molecule has 1 aliphatic heterocycles. The minimum atomic E-state index is -0.305. The van der Waals surface area contributed by atoms with Crippen LogP contribution in [0.2, 0.25) is 0 Å². The molecule has 7 nitrogen and oxygen atoms in total. The number of carbonyl (C=O) groups is 1. The molecule has 2 aromatic heterocycles. The standard InChI is InChI=1S/C24H27N5O2/c1-17-21(24(31)28-23(26-17)19-8-6-10-25-15-19)14-22(30)27-20-9-5-7-18(13-20)16-29-11-3-2-4-12-29/h5-10,13,15H,2-4,11-12,14,16H2,1H3,(H,27,30)(H,26,28,31). The molecular formula is C24H27N5O2. The Bertz CT molecular complexity index is 1100. The summed E-state index contributed by atoms with van der Waals surface area (Å²) in [4.78, 5) is 39.0. The molecule has 1 aliphatic rings. The second-order valence-electron chi connectivity index (χ2n) is 7.98. The number of aryl methyl sites for hydroxylation is 1. The Morgan fingerprint density at radius 1 is 1.16 bits per heavy atom. The average molecular weight is 418 g/mol. The number of benzene rings is 1. The summed E-state index contributed by atoms with van der Waals surface area (Å²) in [6.45, 7) is 4.89. The van der Waals surface area contributed by atoms with Crippen molar-refractivity contribution >= 4 is 11.6 Å². The normalized spacial score (nSPS) is 14.4. The summed E-state index contributed by atoms with van der Waals surface area (Å²) in [6, 6.07) is 11.5. The van der Waals surface area contributed by atoms with Crippen LogP contribution < -0.4 is 10.9 Å². The predicted octanol–water partition coefficient (Wildman–Crippen LogP) is 3.31. The molecule has 3 heterocycles. The highest BCUT2D eigenvalue weighted by molar-refractivity contribution is 5.92. The van der Waals surface area contributed by atoms with E-state index in [1.165, 1.54) is 24.8 Å². The molecule has 0 saturated carbocycles. The van der Waals surface area contributed by atoms with Gasteiger partial charge in [-0.3, -0.25) is 19.5 Å². The van der Waals surface area contributed by atoms with Gasteiger partial charge in [-0.25, -0.2) is 4.98 Å². The number of nitrogens with zero attached hydrogens (tertiary/aromatic N) is 3. The largest absolute Gasteiger partial charge is 0.326 e. The number of piperidine rings is 1. The van der Waals surface area contributed by atoms with Crippen molar-refractivity contribution in [3.63, 3.8) is 0 Å². The fraction of sp³-hybridized carbons (Fsp3) is 0.333. The Hall–Kier alpha value is -3.32. The first kappa shape index (κ1) is 20.9. The van der Waals surface area contributed by atoms with Gasteiger partial charge in [-0.05, 0) is 62.7 Å². The van der Waals surface area contributed by atoms with Gasteiger partial charge in [0.25, 0.3) is 5.56 Å². The third-order valence-corrected chi connectivity index (χ3v) is 5.56. The van der Waals surface area contributed by atoms with Crippen LogP contribution in [0.5, 0.6) is 0 Å². The molecule has 31 heavy (non-hydrogen) atoms. The van der Waals surface area contributed by atoms with E-state index in [0.29, 0.717) is 17.1 Å². The molecule has 0 bridgehead atoms. The topological polar surface area (TPSA) is 91.0 Å². The molecule has 0 radical (unpaired) electrons. The number of carbonyl (C=O) groups excluding carboxylic acids is 1. The van der Waals surface area contributed by atoms with Crippen molar-refractivity contribution < 1.29 is 4.79 Å². The maximum atomic E-state index is 12.6. The van der Waals surface area contributed by atoms with E-state index in [4.69, 9.17) is 0 Å². The third kappa shape index (κ3) is 5.44. The van der Waals surface area contributed by atoms with Crippen LogP contribution in [0, 0.1) is 6.92 Å². The first-order valence-corrected chi connectivity index (χ1v) is 10.7. The Morgan fingerprint density at radius 2 is 2.00 bits per heavy atom. The number of hydrogen-bond acceptors (Lipinski definition) is 5. The number of nitrogens with one attached hydrogen (secondary N) is 2. The molecule has 1 aromatic carbocycles. The van der Waals surface area contributed by atoms with Crippen molar-refractivity contribution in [2.45, 2.75) is 39.2 Å². The Kier molecular flexibility index (Phi) is 6.52. The molecule has 160 valence electrons. The monoisotopic (exact) mass is 417 g/mol. The number of amides is 1. The van der Waals surface area contributed by atoms with Crippen LogP contribution in [0.25, 0.3) is 11.4 Å². The summed E-state index contributed by atoms with van der Waals surface area (Å²) in [5, 5.41) is 2.92. The molecule has 3 aromatic rings. The van der Waals surface area contributed by atoms with Gasteiger partial charge in [-0.2, -0.15) is 0 Å².